The molecule has 0 atom stereocenters. The molecule has 1 aromatic rings. The number of hydrogen-bond acceptors (Lipinski definition) is 3. The Hall–Kier alpha value is -0.350. The van der Waals surface area contributed by atoms with E-state index in [-0.39, 0.29) is 0 Å². The van der Waals surface area contributed by atoms with Crippen molar-refractivity contribution in [2.75, 3.05) is 0 Å². The van der Waals surface area contributed by atoms with Gasteiger partial charge in [0.15, 0.2) is 0 Å². The van der Waals surface area contributed by atoms with Crippen molar-refractivity contribution in [1.82, 2.24) is 9.97 Å². The van der Waals surface area contributed by atoms with Crippen LogP contribution in [0.3, 0.4) is 0 Å². The molecule has 0 aliphatic heterocycles. The van der Waals surface area contributed by atoms with Crippen LogP contribution in [0.25, 0.3) is 0 Å². The van der Waals surface area contributed by atoms with Gasteiger partial charge in [-0.1, -0.05) is 38.9 Å². The van der Waals surface area contributed by atoms with Gasteiger partial charge in [-0.05, 0) is 24.8 Å². The maximum atomic E-state index is 5.21. The highest BCUT2D eigenvalue weighted by molar-refractivity contribution is 7.99. The third-order valence-corrected chi connectivity index (χ3v) is 4.78. The van der Waals surface area contributed by atoms with E-state index in [1.165, 1.54) is 31.4 Å². The molecule has 0 bridgehead atoms. The molecule has 0 spiro atoms. The lowest BCUT2D eigenvalue weighted by molar-refractivity contribution is 0.796. The van der Waals surface area contributed by atoms with Crippen LogP contribution >= 0.6 is 24.0 Å². The van der Waals surface area contributed by atoms with E-state index in [1.54, 1.807) is 0 Å². The molecule has 1 aliphatic carbocycles. The molecule has 2 rings (SSSR count). The summed E-state index contributed by atoms with van der Waals surface area (Å²) >= 11 is 7.24. The van der Waals surface area contributed by atoms with Crippen molar-refractivity contribution in [3.05, 3.63) is 22.2 Å². The second kappa shape index (κ2) is 6.01. The van der Waals surface area contributed by atoms with Crippen LogP contribution < -0.4 is 0 Å². The van der Waals surface area contributed by atoms with Gasteiger partial charge in [-0.2, -0.15) is 11.8 Å². The van der Waals surface area contributed by atoms with Crippen LogP contribution in [0.1, 0.15) is 57.0 Å². The first-order valence-electron chi connectivity index (χ1n) is 6.37. The van der Waals surface area contributed by atoms with Crippen LogP contribution in [0.5, 0.6) is 0 Å². The lowest BCUT2D eigenvalue weighted by Crippen LogP contribution is -2.02. The number of H-pyrrole nitrogens is 1. The van der Waals surface area contributed by atoms with Gasteiger partial charge in [0.05, 0.1) is 5.75 Å². The second-order valence-electron chi connectivity index (χ2n) is 4.99. The highest BCUT2D eigenvalue weighted by atomic mass is 32.2. The normalized spacial score (nSPS) is 16.9. The summed E-state index contributed by atoms with van der Waals surface area (Å²) in [6.45, 7) is 4.35. The predicted octanol–water partition coefficient (Wildman–Crippen LogP) is 4.44. The third-order valence-electron chi connectivity index (χ3n) is 3.19. The number of hydrogen-bond donors (Lipinski definition) is 1. The fourth-order valence-corrected chi connectivity index (χ4v) is 3.59. The summed E-state index contributed by atoms with van der Waals surface area (Å²) in [7, 11) is 0. The third kappa shape index (κ3) is 3.81. The van der Waals surface area contributed by atoms with E-state index in [2.05, 4.69) is 23.8 Å². The number of nitrogens with zero attached hydrogens (tertiary/aromatic N) is 1. The second-order valence-corrected chi connectivity index (χ2v) is 6.70. The van der Waals surface area contributed by atoms with Gasteiger partial charge in [0.1, 0.15) is 10.5 Å². The first kappa shape index (κ1) is 13.1. The van der Waals surface area contributed by atoms with Crippen molar-refractivity contribution in [3.8, 4) is 0 Å². The van der Waals surface area contributed by atoms with Gasteiger partial charge >= 0.3 is 0 Å². The standard InChI is InChI=1S/C13H20N2S2/c1-9(2)11-7-13(16)15-12(14-11)8-17-10-5-3-4-6-10/h7,9-10H,3-6,8H2,1-2H3,(H,14,15,16). The fourth-order valence-electron chi connectivity index (χ4n) is 2.16. The zero-order valence-electron chi connectivity index (χ0n) is 10.5. The molecule has 17 heavy (non-hydrogen) atoms. The number of nitrogens with one attached hydrogen (secondary N) is 1. The van der Waals surface area contributed by atoms with Gasteiger partial charge in [-0.3, -0.25) is 0 Å². The van der Waals surface area contributed by atoms with E-state index in [4.69, 9.17) is 12.2 Å². The molecule has 0 radical (unpaired) electrons. The van der Waals surface area contributed by atoms with Crippen LogP contribution in [0.2, 0.25) is 0 Å². The van der Waals surface area contributed by atoms with Crippen molar-refractivity contribution in [1.29, 1.82) is 0 Å². The number of aromatic amines is 1. The summed E-state index contributed by atoms with van der Waals surface area (Å²) in [4.78, 5) is 7.83. The van der Waals surface area contributed by atoms with Crippen molar-refractivity contribution in [2.24, 2.45) is 0 Å². The quantitative estimate of drug-likeness (QED) is 0.818. The molecule has 2 nitrogen and oxygen atoms in total. The molecule has 0 unspecified atom stereocenters. The summed E-state index contributed by atoms with van der Waals surface area (Å²) < 4.78 is 0.717. The van der Waals surface area contributed by atoms with Gasteiger partial charge in [0.2, 0.25) is 0 Å². The zero-order valence-corrected chi connectivity index (χ0v) is 12.2. The maximum Gasteiger partial charge on any atom is 0.130 e. The minimum atomic E-state index is 0.481. The molecular weight excluding hydrogens is 248 g/mol. The van der Waals surface area contributed by atoms with Crippen LogP contribution in [0, 0.1) is 4.64 Å². The van der Waals surface area contributed by atoms with Gasteiger partial charge in [-0.25, -0.2) is 4.98 Å². The summed E-state index contributed by atoms with van der Waals surface area (Å²) in [6, 6.07) is 1.98. The Labute approximate surface area is 113 Å². The molecule has 1 aliphatic rings. The minimum absolute atomic E-state index is 0.481. The predicted molar refractivity (Wildman–Crippen MR) is 77.1 cm³/mol. The largest absolute Gasteiger partial charge is 0.346 e. The Bertz CT molecular complexity index is 420. The molecule has 0 amide bonds. The van der Waals surface area contributed by atoms with Gasteiger partial charge in [-0.15, -0.1) is 0 Å². The lowest BCUT2D eigenvalue weighted by Gasteiger charge is -2.11. The molecule has 4 heteroatoms. The van der Waals surface area contributed by atoms with Gasteiger partial charge in [0, 0.05) is 10.9 Å². The summed E-state index contributed by atoms with van der Waals surface area (Å²) in [5.74, 6) is 2.49. The monoisotopic (exact) mass is 268 g/mol. The van der Waals surface area contributed by atoms with Crippen LogP contribution in [-0.2, 0) is 5.75 Å². The van der Waals surface area contributed by atoms with E-state index in [0.717, 1.165) is 21.5 Å². The molecule has 0 saturated heterocycles. The average Bonchev–Trinajstić information content (AvgIpc) is 2.78. The zero-order chi connectivity index (χ0) is 12.3. The highest BCUT2D eigenvalue weighted by Gasteiger charge is 2.15. The molecule has 1 heterocycles. The minimum Gasteiger partial charge on any atom is -0.346 e. The lowest BCUT2D eigenvalue weighted by atomic mass is 10.1. The first-order valence-corrected chi connectivity index (χ1v) is 7.82. The molecule has 0 aromatic carbocycles. The van der Waals surface area contributed by atoms with Crippen LogP contribution in [0.15, 0.2) is 6.07 Å². The highest BCUT2D eigenvalue weighted by Crippen LogP contribution is 2.31. The van der Waals surface area contributed by atoms with Crippen molar-refractivity contribution < 1.29 is 0 Å². The van der Waals surface area contributed by atoms with Crippen molar-refractivity contribution in [2.45, 2.75) is 56.5 Å². The van der Waals surface area contributed by atoms with Gasteiger partial charge in [0.25, 0.3) is 0 Å². The number of thioether (sulfide) groups is 1. The van der Waals surface area contributed by atoms with E-state index in [0.29, 0.717) is 5.92 Å². The Morgan fingerprint density at radius 3 is 2.82 bits per heavy atom. The Balaban J connectivity index is 2.02. The summed E-state index contributed by atoms with van der Waals surface area (Å²) in [6.07, 6.45) is 5.53. The topological polar surface area (TPSA) is 28.7 Å². The molecular formula is C13H20N2S2. The fraction of sp³-hybridized carbons (Fsp3) is 0.692. The molecule has 1 fully saturated rings. The smallest absolute Gasteiger partial charge is 0.130 e. The molecule has 1 aromatic heterocycles. The van der Waals surface area contributed by atoms with Crippen LogP contribution in [0.4, 0.5) is 0 Å². The SMILES string of the molecule is CC(C)c1cc(=S)nc(CSC2CCCC2)[nH]1. The summed E-state index contributed by atoms with van der Waals surface area (Å²) in [5, 5.41) is 0.835. The van der Waals surface area contributed by atoms with Crippen LogP contribution in [-0.4, -0.2) is 15.2 Å². The van der Waals surface area contributed by atoms with E-state index in [1.807, 2.05) is 17.8 Å². The molecule has 94 valence electrons. The van der Waals surface area contributed by atoms with Crippen molar-refractivity contribution >= 4 is 24.0 Å². The number of aromatic nitrogens is 2. The van der Waals surface area contributed by atoms with Crippen molar-refractivity contribution in [3.63, 3.8) is 0 Å². The van der Waals surface area contributed by atoms with E-state index in [9.17, 15) is 0 Å². The average molecular weight is 268 g/mol. The van der Waals surface area contributed by atoms with E-state index >= 15 is 0 Å². The maximum absolute atomic E-state index is 5.21. The summed E-state index contributed by atoms with van der Waals surface area (Å²) in [5.41, 5.74) is 1.20. The van der Waals surface area contributed by atoms with Gasteiger partial charge < -0.3 is 4.98 Å². The Kier molecular flexibility index (Phi) is 4.62. The Morgan fingerprint density at radius 2 is 2.18 bits per heavy atom. The Morgan fingerprint density at radius 1 is 1.47 bits per heavy atom. The first-order chi connectivity index (χ1) is 8.15. The number of rotatable bonds is 4. The van der Waals surface area contributed by atoms with E-state index < -0.39 is 0 Å². The molecule has 1 N–H and O–H groups in total. The molecule has 1 saturated carbocycles.